The van der Waals surface area contributed by atoms with Crippen molar-refractivity contribution >= 4 is 38.2 Å². The number of hydrogen-bond donors (Lipinski definition) is 0. The van der Waals surface area contributed by atoms with Gasteiger partial charge in [0.25, 0.3) is 0 Å². The standard InChI is InChI=1S/C19H33Br2N2/c1-12-7-14(3)18(16(20)9-12)22-5-6-23(11-22)19-15(4)8-13(2)10-17(19)21/h11-19H,5-10H2,1-4H3/q+1. The average molecular weight is 449 g/mol. The minimum Gasteiger partial charge on any atom is -0.260 e. The van der Waals surface area contributed by atoms with Crippen molar-refractivity contribution in [3.05, 3.63) is 0 Å². The van der Waals surface area contributed by atoms with Gasteiger partial charge in [0.2, 0.25) is 6.34 Å². The van der Waals surface area contributed by atoms with Crippen molar-refractivity contribution in [2.24, 2.45) is 23.7 Å². The summed E-state index contributed by atoms with van der Waals surface area (Å²) in [6.45, 7) is 12.1. The highest BCUT2D eigenvalue weighted by molar-refractivity contribution is 9.09. The van der Waals surface area contributed by atoms with E-state index in [1.54, 1.807) is 0 Å². The second-order valence-corrected chi connectivity index (χ2v) is 11.1. The van der Waals surface area contributed by atoms with E-state index in [0.29, 0.717) is 21.7 Å². The molecule has 0 aromatic carbocycles. The molecule has 0 spiro atoms. The Bertz CT molecular complexity index is 429. The molecule has 2 aliphatic carbocycles. The van der Waals surface area contributed by atoms with E-state index in [0.717, 1.165) is 23.7 Å². The van der Waals surface area contributed by atoms with Crippen molar-refractivity contribution < 1.29 is 4.58 Å². The van der Waals surface area contributed by atoms with Crippen molar-refractivity contribution in [1.29, 1.82) is 0 Å². The summed E-state index contributed by atoms with van der Waals surface area (Å²) in [5.74, 6) is 3.28. The second kappa shape index (κ2) is 7.35. The zero-order valence-electron chi connectivity index (χ0n) is 15.1. The van der Waals surface area contributed by atoms with Crippen LogP contribution in [0, 0.1) is 23.7 Å². The van der Waals surface area contributed by atoms with Gasteiger partial charge in [-0.15, -0.1) is 0 Å². The highest BCUT2D eigenvalue weighted by atomic mass is 79.9. The molecule has 0 aromatic rings. The van der Waals surface area contributed by atoms with Crippen molar-refractivity contribution in [2.75, 3.05) is 13.1 Å². The number of rotatable bonds is 2. The van der Waals surface area contributed by atoms with Crippen LogP contribution < -0.4 is 0 Å². The van der Waals surface area contributed by atoms with E-state index in [1.165, 1.54) is 38.8 Å². The second-order valence-electron chi connectivity index (χ2n) is 8.71. The van der Waals surface area contributed by atoms with E-state index < -0.39 is 0 Å². The Morgan fingerprint density at radius 2 is 1.48 bits per heavy atom. The zero-order valence-corrected chi connectivity index (χ0v) is 18.3. The van der Waals surface area contributed by atoms with Crippen LogP contribution in [0.4, 0.5) is 0 Å². The lowest BCUT2D eigenvalue weighted by Crippen LogP contribution is -2.48. The average Bonchev–Trinajstić information content (AvgIpc) is 2.85. The predicted molar refractivity (Wildman–Crippen MR) is 106 cm³/mol. The molecular formula is C19H33Br2N2+. The maximum Gasteiger partial charge on any atom is 0.234 e. The smallest absolute Gasteiger partial charge is 0.234 e. The fraction of sp³-hybridized carbons (Fsp3) is 0.947. The maximum atomic E-state index is 4.00. The molecule has 2 nitrogen and oxygen atoms in total. The first-order valence-electron chi connectivity index (χ1n) is 9.51. The highest BCUT2D eigenvalue weighted by Crippen LogP contribution is 2.38. The minimum absolute atomic E-state index is 0.640. The molecule has 0 N–H and O–H groups in total. The lowest BCUT2D eigenvalue weighted by molar-refractivity contribution is -0.563. The van der Waals surface area contributed by atoms with Gasteiger partial charge in [0, 0.05) is 0 Å². The van der Waals surface area contributed by atoms with Crippen LogP contribution in [0.5, 0.6) is 0 Å². The molecule has 0 amide bonds. The van der Waals surface area contributed by atoms with E-state index in [4.69, 9.17) is 0 Å². The summed E-state index contributed by atoms with van der Waals surface area (Å²) in [6.07, 6.45) is 7.86. The van der Waals surface area contributed by atoms with Crippen LogP contribution in [0.1, 0.15) is 53.4 Å². The molecule has 0 aromatic heterocycles. The molecule has 3 rings (SSSR count). The van der Waals surface area contributed by atoms with E-state index in [2.05, 4.69) is 75.4 Å². The van der Waals surface area contributed by atoms with Crippen LogP contribution >= 0.6 is 31.9 Å². The van der Waals surface area contributed by atoms with Gasteiger partial charge in [-0.05, 0) is 49.4 Å². The molecule has 132 valence electrons. The first-order valence-corrected chi connectivity index (χ1v) is 11.3. The molecule has 0 radical (unpaired) electrons. The Kier molecular flexibility index (Phi) is 5.83. The Balaban J connectivity index is 1.73. The van der Waals surface area contributed by atoms with Crippen molar-refractivity contribution in [2.45, 2.75) is 75.1 Å². The number of hydrogen-bond acceptors (Lipinski definition) is 1. The number of nitrogens with zero attached hydrogens (tertiary/aromatic N) is 2. The van der Waals surface area contributed by atoms with Gasteiger partial charge in [0.1, 0.15) is 25.2 Å². The van der Waals surface area contributed by atoms with Gasteiger partial charge in [0.05, 0.1) is 9.65 Å². The third-order valence-corrected chi connectivity index (χ3v) is 8.22. The SMILES string of the molecule is CC1CC(C)C(N2C=[N+](C3C(C)CC(C)CC3Br)CC2)C(Br)C1. The normalized spacial score (nSPS) is 48.4. The number of halogens is 2. The fourth-order valence-corrected chi connectivity index (χ4v) is 8.49. The van der Waals surface area contributed by atoms with Crippen LogP contribution in [0.3, 0.4) is 0 Å². The first kappa shape index (κ1) is 18.2. The molecule has 8 atom stereocenters. The van der Waals surface area contributed by atoms with Crippen LogP contribution in [-0.2, 0) is 0 Å². The van der Waals surface area contributed by atoms with Gasteiger partial charge >= 0.3 is 0 Å². The van der Waals surface area contributed by atoms with Crippen molar-refractivity contribution in [3.8, 4) is 0 Å². The topological polar surface area (TPSA) is 6.25 Å². The van der Waals surface area contributed by atoms with Crippen molar-refractivity contribution in [3.63, 3.8) is 0 Å². The molecule has 0 bridgehead atoms. The summed E-state index contributed by atoms with van der Waals surface area (Å²) in [5, 5.41) is 0. The van der Waals surface area contributed by atoms with Gasteiger partial charge in [-0.3, -0.25) is 9.48 Å². The van der Waals surface area contributed by atoms with Crippen molar-refractivity contribution in [1.82, 2.24) is 4.90 Å². The molecule has 0 saturated heterocycles. The molecule has 2 fully saturated rings. The van der Waals surface area contributed by atoms with Crippen LogP contribution in [0.2, 0.25) is 0 Å². The zero-order chi connectivity index (χ0) is 16.7. The van der Waals surface area contributed by atoms with Gasteiger partial charge in [-0.1, -0.05) is 59.6 Å². The molecule has 4 heteroatoms. The Morgan fingerprint density at radius 1 is 0.870 bits per heavy atom. The minimum atomic E-state index is 0.640. The first-order chi connectivity index (χ1) is 10.9. The molecule has 1 heterocycles. The molecule has 23 heavy (non-hydrogen) atoms. The van der Waals surface area contributed by atoms with Gasteiger partial charge < -0.3 is 0 Å². The Labute approximate surface area is 159 Å². The summed E-state index contributed by atoms with van der Waals surface area (Å²) in [7, 11) is 0. The number of alkyl halides is 2. The monoisotopic (exact) mass is 447 g/mol. The molecule has 1 aliphatic heterocycles. The summed E-state index contributed by atoms with van der Waals surface area (Å²) < 4.78 is 2.65. The quantitative estimate of drug-likeness (QED) is 0.436. The van der Waals surface area contributed by atoms with Gasteiger partial charge in [0.15, 0.2) is 0 Å². The molecule has 2 saturated carbocycles. The lowest BCUT2D eigenvalue weighted by Gasteiger charge is -2.38. The summed E-state index contributed by atoms with van der Waals surface area (Å²) in [4.78, 5) is 3.93. The predicted octanol–water partition coefficient (Wildman–Crippen LogP) is 4.74. The van der Waals surface area contributed by atoms with Gasteiger partial charge in [-0.25, -0.2) is 0 Å². The third kappa shape index (κ3) is 3.83. The molecular weight excluding hydrogens is 416 g/mol. The summed E-state index contributed by atoms with van der Waals surface area (Å²) in [5.41, 5.74) is 0. The van der Waals surface area contributed by atoms with E-state index in [-0.39, 0.29) is 0 Å². The van der Waals surface area contributed by atoms with Gasteiger partial charge in [-0.2, -0.15) is 0 Å². The fourth-order valence-electron chi connectivity index (χ4n) is 5.56. The lowest BCUT2D eigenvalue weighted by atomic mass is 9.79. The summed E-state index contributed by atoms with van der Waals surface area (Å²) in [6, 6.07) is 1.34. The molecule has 3 aliphatic rings. The molecule has 8 unspecified atom stereocenters. The third-order valence-electron chi connectivity index (χ3n) is 6.39. The van der Waals surface area contributed by atoms with E-state index in [1.807, 2.05) is 0 Å². The summed E-state index contributed by atoms with van der Waals surface area (Å²) >= 11 is 8.01. The Hall–Kier alpha value is 0.430. The van der Waals surface area contributed by atoms with Crippen LogP contribution in [0.25, 0.3) is 0 Å². The van der Waals surface area contributed by atoms with E-state index >= 15 is 0 Å². The highest BCUT2D eigenvalue weighted by Gasteiger charge is 2.44. The Morgan fingerprint density at radius 3 is 2.09 bits per heavy atom. The van der Waals surface area contributed by atoms with E-state index in [9.17, 15) is 0 Å². The van der Waals surface area contributed by atoms with Crippen LogP contribution in [-0.4, -0.2) is 50.6 Å². The largest absolute Gasteiger partial charge is 0.260 e. The van der Waals surface area contributed by atoms with Crippen LogP contribution in [0.15, 0.2) is 0 Å². The maximum absolute atomic E-state index is 4.00.